The molecule has 236 valence electrons. The van der Waals surface area contributed by atoms with E-state index in [4.69, 9.17) is 23.7 Å². The molecule has 0 aromatic heterocycles. The maximum Gasteiger partial charge on any atom is 0.407 e. The molecule has 12 heteroatoms. The van der Waals surface area contributed by atoms with Gasteiger partial charge in [0.1, 0.15) is 31.0 Å². The molecule has 3 aromatic rings. The molecule has 0 saturated carbocycles. The Morgan fingerprint density at radius 3 is 2.22 bits per heavy atom. The van der Waals surface area contributed by atoms with E-state index >= 15 is 0 Å². The number of hydrogen-bond donors (Lipinski definition) is 4. The Morgan fingerprint density at radius 1 is 0.933 bits per heavy atom. The van der Waals surface area contributed by atoms with Gasteiger partial charge in [-0.05, 0) is 22.3 Å². The number of nitrogens with one attached hydrogen (secondary N) is 2. The summed E-state index contributed by atoms with van der Waals surface area (Å²) in [7, 11) is 0. The van der Waals surface area contributed by atoms with Gasteiger partial charge in [-0.3, -0.25) is 4.79 Å². The number of aliphatic hydroxyl groups is 1. The molecule has 0 bridgehead atoms. The number of carboxylic acid groups (broad SMARTS) is 1. The van der Waals surface area contributed by atoms with Gasteiger partial charge in [-0.2, -0.15) is 0 Å². The molecule has 2 amide bonds. The van der Waals surface area contributed by atoms with Gasteiger partial charge in [0.05, 0.1) is 13.2 Å². The first kappa shape index (κ1) is 30.7. The second kappa shape index (κ2) is 13.3. The van der Waals surface area contributed by atoms with Gasteiger partial charge in [-0.15, -0.1) is 0 Å². The number of carbonyl (C=O) groups is 3. The molecule has 3 unspecified atom stereocenters. The SMILES string of the molecule is CC(=O)N[C@@H]1[C@H](OCC(NC(=O)OCC2c3ccccc3-c3ccccc32)C(=O)O)OC2COC(c3ccccc3)O[C@H]2[C@@H]1O. The van der Waals surface area contributed by atoms with Crippen molar-refractivity contribution < 1.29 is 48.3 Å². The fraction of sp³-hybridized carbons (Fsp3) is 0.364. The number of amides is 2. The van der Waals surface area contributed by atoms with Gasteiger partial charge in [0.25, 0.3) is 0 Å². The molecule has 3 aromatic carbocycles. The molecule has 0 spiro atoms. The Kier molecular flexibility index (Phi) is 9.10. The van der Waals surface area contributed by atoms with E-state index in [9.17, 15) is 24.6 Å². The summed E-state index contributed by atoms with van der Waals surface area (Å²) in [6.07, 6.45) is -5.86. The number of carbonyl (C=O) groups excluding carboxylic acids is 2. The fourth-order valence-corrected chi connectivity index (χ4v) is 6.05. The molecule has 4 N–H and O–H groups in total. The van der Waals surface area contributed by atoms with Crippen LogP contribution in [0.1, 0.15) is 35.8 Å². The Morgan fingerprint density at radius 2 is 1.58 bits per heavy atom. The molecule has 2 heterocycles. The Bertz CT molecular complexity index is 1490. The highest BCUT2D eigenvalue weighted by Crippen LogP contribution is 2.44. The number of aliphatic hydroxyl groups excluding tert-OH is 1. The summed E-state index contributed by atoms with van der Waals surface area (Å²) in [4.78, 5) is 36.9. The van der Waals surface area contributed by atoms with E-state index in [0.717, 1.165) is 27.8 Å². The van der Waals surface area contributed by atoms with Crippen LogP contribution in [0.15, 0.2) is 78.9 Å². The van der Waals surface area contributed by atoms with Gasteiger partial charge in [0.15, 0.2) is 18.6 Å². The van der Waals surface area contributed by atoms with Crippen LogP contribution in [0.2, 0.25) is 0 Å². The second-order valence-corrected chi connectivity index (χ2v) is 11.1. The van der Waals surface area contributed by atoms with Crippen LogP contribution in [0.4, 0.5) is 4.79 Å². The first-order chi connectivity index (χ1) is 21.8. The van der Waals surface area contributed by atoms with Crippen LogP contribution in [0.5, 0.6) is 0 Å². The van der Waals surface area contributed by atoms with Crippen LogP contribution in [0.25, 0.3) is 11.1 Å². The summed E-state index contributed by atoms with van der Waals surface area (Å²) in [5, 5.41) is 26.0. The van der Waals surface area contributed by atoms with Crippen LogP contribution >= 0.6 is 0 Å². The zero-order valence-electron chi connectivity index (χ0n) is 24.4. The van der Waals surface area contributed by atoms with Crippen molar-refractivity contribution in [2.24, 2.45) is 0 Å². The maximum atomic E-state index is 12.8. The van der Waals surface area contributed by atoms with E-state index in [-0.39, 0.29) is 19.1 Å². The molecule has 7 atom stereocenters. The van der Waals surface area contributed by atoms with E-state index in [1.54, 1.807) is 0 Å². The minimum atomic E-state index is -1.52. The third-order valence-corrected chi connectivity index (χ3v) is 8.17. The van der Waals surface area contributed by atoms with E-state index in [1.165, 1.54) is 6.92 Å². The summed E-state index contributed by atoms with van der Waals surface area (Å²) in [6, 6.07) is 22.3. The van der Waals surface area contributed by atoms with Gasteiger partial charge in [-0.1, -0.05) is 78.9 Å². The number of ether oxygens (including phenoxy) is 5. The molecule has 2 aliphatic heterocycles. The normalized spacial score (nSPS) is 26.1. The molecule has 12 nitrogen and oxygen atoms in total. The summed E-state index contributed by atoms with van der Waals surface area (Å²) >= 11 is 0. The third kappa shape index (κ3) is 6.56. The monoisotopic (exact) mass is 618 g/mol. The molecule has 6 rings (SSSR count). The highest BCUT2D eigenvalue weighted by Gasteiger charge is 2.50. The number of benzene rings is 3. The number of fused-ring (bicyclic) bond motifs is 4. The van der Waals surface area contributed by atoms with E-state index in [0.29, 0.717) is 0 Å². The zero-order chi connectivity index (χ0) is 31.5. The van der Waals surface area contributed by atoms with Crippen molar-refractivity contribution in [2.45, 2.75) is 55.8 Å². The fourth-order valence-electron chi connectivity index (χ4n) is 6.05. The topological polar surface area (TPSA) is 162 Å². The zero-order valence-corrected chi connectivity index (χ0v) is 24.4. The number of rotatable bonds is 9. The van der Waals surface area contributed by atoms with Crippen LogP contribution < -0.4 is 10.6 Å². The largest absolute Gasteiger partial charge is 0.480 e. The predicted octanol–water partition coefficient (Wildman–Crippen LogP) is 2.70. The van der Waals surface area contributed by atoms with Gasteiger partial charge >= 0.3 is 12.1 Å². The number of aliphatic carboxylic acids is 1. The maximum absolute atomic E-state index is 12.8. The summed E-state index contributed by atoms with van der Waals surface area (Å²) in [5.41, 5.74) is 4.92. The lowest BCUT2D eigenvalue weighted by molar-refractivity contribution is -0.344. The van der Waals surface area contributed by atoms with Crippen LogP contribution in [-0.4, -0.2) is 84.7 Å². The van der Waals surface area contributed by atoms with Crippen molar-refractivity contribution in [1.82, 2.24) is 10.6 Å². The van der Waals surface area contributed by atoms with Gasteiger partial charge in [-0.25, -0.2) is 9.59 Å². The van der Waals surface area contributed by atoms with Crippen LogP contribution in [0.3, 0.4) is 0 Å². The third-order valence-electron chi connectivity index (χ3n) is 8.17. The molecular weight excluding hydrogens is 584 g/mol. The summed E-state index contributed by atoms with van der Waals surface area (Å²) < 4.78 is 29.1. The quantitative estimate of drug-likeness (QED) is 0.281. The molecular formula is C33H34N2O10. The molecule has 1 aliphatic carbocycles. The molecule has 2 saturated heterocycles. The number of hydrogen-bond acceptors (Lipinski definition) is 9. The van der Waals surface area contributed by atoms with E-state index < -0.39 is 67.6 Å². The second-order valence-electron chi connectivity index (χ2n) is 11.1. The van der Waals surface area contributed by atoms with Gasteiger partial charge < -0.3 is 44.5 Å². The Labute approximate surface area is 259 Å². The standard InChI is InChI=1S/C33H34N2O10/c1-18(36)34-27-28(37)29-26(17-42-31(45-29)19-9-3-2-4-10-19)44-32(27)41-16-25(30(38)39)35-33(40)43-15-24-22-13-7-5-11-20(22)21-12-6-8-14-23(21)24/h2-14,24-29,31-32,37H,15-17H2,1H3,(H,34,36)(H,35,40)(H,38,39)/t25?,26?,27-,28+,29+,31?,32+/m0/s1. The molecule has 0 radical (unpaired) electrons. The van der Waals surface area contributed by atoms with Crippen molar-refractivity contribution in [2.75, 3.05) is 19.8 Å². The number of carboxylic acids is 1. The van der Waals surface area contributed by atoms with Gasteiger partial charge in [0.2, 0.25) is 5.91 Å². The molecule has 2 fully saturated rings. The van der Waals surface area contributed by atoms with Crippen LogP contribution in [-0.2, 0) is 33.3 Å². The van der Waals surface area contributed by atoms with Crippen molar-refractivity contribution in [3.63, 3.8) is 0 Å². The minimum Gasteiger partial charge on any atom is -0.480 e. The summed E-state index contributed by atoms with van der Waals surface area (Å²) in [6.45, 7) is 0.780. The van der Waals surface area contributed by atoms with Gasteiger partial charge in [0, 0.05) is 18.4 Å². The lowest BCUT2D eigenvalue weighted by Crippen LogP contribution is -2.67. The smallest absolute Gasteiger partial charge is 0.407 e. The lowest BCUT2D eigenvalue weighted by atomic mass is 9.95. The van der Waals surface area contributed by atoms with Crippen molar-refractivity contribution in [3.05, 3.63) is 95.6 Å². The highest BCUT2D eigenvalue weighted by molar-refractivity contribution is 5.81. The average Bonchev–Trinajstić information content (AvgIpc) is 3.37. The predicted molar refractivity (Wildman–Crippen MR) is 158 cm³/mol. The first-order valence-electron chi connectivity index (χ1n) is 14.7. The molecule has 3 aliphatic rings. The van der Waals surface area contributed by atoms with E-state index in [1.807, 2.05) is 78.9 Å². The minimum absolute atomic E-state index is 0.00261. The lowest BCUT2D eigenvalue weighted by Gasteiger charge is -2.47. The average molecular weight is 619 g/mol. The first-order valence-corrected chi connectivity index (χ1v) is 14.7. The van der Waals surface area contributed by atoms with Crippen molar-refractivity contribution in [1.29, 1.82) is 0 Å². The summed E-state index contributed by atoms with van der Waals surface area (Å²) in [5.74, 6) is -2.04. The van der Waals surface area contributed by atoms with Crippen molar-refractivity contribution >= 4 is 18.0 Å². The number of alkyl carbamates (subject to hydrolysis) is 1. The highest BCUT2D eigenvalue weighted by atomic mass is 16.7. The van der Waals surface area contributed by atoms with Crippen molar-refractivity contribution in [3.8, 4) is 11.1 Å². The van der Waals surface area contributed by atoms with E-state index in [2.05, 4.69) is 10.6 Å². The molecule has 45 heavy (non-hydrogen) atoms. The Balaban J connectivity index is 1.08. The Hall–Kier alpha value is -4.33. The van der Waals surface area contributed by atoms with Crippen LogP contribution in [0, 0.1) is 0 Å².